The summed E-state index contributed by atoms with van der Waals surface area (Å²) < 4.78 is 31.9. The summed E-state index contributed by atoms with van der Waals surface area (Å²) in [7, 11) is 0. The molecule has 0 bridgehead atoms. The number of carbonyl (C=O) groups excluding carboxylic acids is 1. The minimum Gasteiger partial charge on any atom is -0.378 e. The second-order valence-electron chi connectivity index (χ2n) is 4.52. The second-order valence-corrected chi connectivity index (χ2v) is 4.52. The fraction of sp³-hybridized carbons (Fsp3) is 0.462. The summed E-state index contributed by atoms with van der Waals surface area (Å²) in [6.45, 7) is 3.70. The van der Waals surface area contributed by atoms with Crippen molar-refractivity contribution in [1.82, 2.24) is 0 Å². The molecule has 92 valence electrons. The van der Waals surface area contributed by atoms with E-state index in [-0.39, 0.29) is 28.9 Å². The van der Waals surface area contributed by atoms with Crippen LogP contribution in [0.15, 0.2) is 12.1 Å². The maximum absolute atomic E-state index is 13.5. The molecule has 1 aromatic carbocycles. The molecule has 0 amide bonds. The van der Waals surface area contributed by atoms with E-state index in [4.69, 9.17) is 4.74 Å². The highest BCUT2D eigenvalue weighted by atomic mass is 19.1. The molecule has 2 atom stereocenters. The molecule has 2 unspecified atom stereocenters. The van der Waals surface area contributed by atoms with Crippen molar-refractivity contribution in [2.75, 3.05) is 6.61 Å². The van der Waals surface area contributed by atoms with Crippen molar-refractivity contribution in [3.05, 3.63) is 34.9 Å². The van der Waals surface area contributed by atoms with Gasteiger partial charge in [-0.05, 0) is 31.9 Å². The Balaban J connectivity index is 2.28. The van der Waals surface area contributed by atoms with Crippen LogP contribution >= 0.6 is 0 Å². The lowest BCUT2D eigenvalue weighted by atomic mass is 9.94. The zero-order valence-electron chi connectivity index (χ0n) is 9.80. The number of ether oxygens (including phenoxy) is 1. The third kappa shape index (κ3) is 2.36. The molecule has 2 rings (SSSR count). The van der Waals surface area contributed by atoms with Gasteiger partial charge < -0.3 is 4.74 Å². The SMILES string of the molecule is Cc1cc(C(=O)C2COC(C)C2)c(F)cc1F. The van der Waals surface area contributed by atoms with Gasteiger partial charge in [-0.15, -0.1) is 0 Å². The van der Waals surface area contributed by atoms with E-state index in [1.807, 2.05) is 6.92 Å². The molecular weight excluding hydrogens is 226 g/mol. The highest BCUT2D eigenvalue weighted by Crippen LogP contribution is 2.25. The fourth-order valence-corrected chi connectivity index (χ4v) is 2.07. The average molecular weight is 240 g/mol. The van der Waals surface area contributed by atoms with Crippen LogP contribution in [0.25, 0.3) is 0 Å². The van der Waals surface area contributed by atoms with E-state index < -0.39 is 11.6 Å². The van der Waals surface area contributed by atoms with Crippen LogP contribution in [0.3, 0.4) is 0 Å². The minimum absolute atomic E-state index is 0.0218. The van der Waals surface area contributed by atoms with Gasteiger partial charge >= 0.3 is 0 Å². The van der Waals surface area contributed by atoms with Crippen LogP contribution in [0.1, 0.15) is 29.3 Å². The monoisotopic (exact) mass is 240 g/mol. The Labute approximate surface area is 98.6 Å². The predicted octanol–water partition coefficient (Wildman–Crippen LogP) is 2.88. The van der Waals surface area contributed by atoms with Crippen LogP contribution < -0.4 is 0 Å². The van der Waals surface area contributed by atoms with Crippen molar-refractivity contribution in [2.24, 2.45) is 5.92 Å². The summed E-state index contributed by atoms with van der Waals surface area (Å²) in [4.78, 5) is 12.0. The summed E-state index contributed by atoms with van der Waals surface area (Å²) in [5.74, 6) is -2.04. The standard InChI is InChI=1S/C13H14F2O2/c1-7-3-10(12(15)5-11(7)14)13(16)9-4-8(2)17-6-9/h3,5,8-9H,4,6H2,1-2H3. The molecule has 1 fully saturated rings. The smallest absolute Gasteiger partial charge is 0.171 e. The third-order valence-corrected chi connectivity index (χ3v) is 3.08. The fourth-order valence-electron chi connectivity index (χ4n) is 2.07. The maximum Gasteiger partial charge on any atom is 0.171 e. The minimum atomic E-state index is -0.794. The Morgan fingerprint density at radius 1 is 1.35 bits per heavy atom. The van der Waals surface area contributed by atoms with Crippen molar-refractivity contribution in [2.45, 2.75) is 26.4 Å². The topological polar surface area (TPSA) is 26.3 Å². The van der Waals surface area contributed by atoms with E-state index in [9.17, 15) is 13.6 Å². The molecule has 0 saturated carbocycles. The number of rotatable bonds is 2. The first kappa shape index (κ1) is 12.2. The van der Waals surface area contributed by atoms with Crippen molar-refractivity contribution in [3.63, 3.8) is 0 Å². The van der Waals surface area contributed by atoms with Crippen molar-refractivity contribution < 1.29 is 18.3 Å². The number of hydrogen-bond acceptors (Lipinski definition) is 2. The number of Topliss-reactive ketones (excluding diaryl/α,β-unsaturated/α-hetero) is 1. The summed E-state index contributed by atoms with van der Waals surface area (Å²) in [5, 5.41) is 0. The van der Waals surface area contributed by atoms with E-state index in [0.29, 0.717) is 13.0 Å². The molecule has 1 saturated heterocycles. The molecule has 2 nitrogen and oxygen atoms in total. The van der Waals surface area contributed by atoms with E-state index >= 15 is 0 Å². The van der Waals surface area contributed by atoms with Crippen LogP contribution in [0.2, 0.25) is 0 Å². The van der Waals surface area contributed by atoms with Crippen LogP contribution in [-0.4, -0.2) is 18.5 Å². The molecule has 0 aromatic heterocycles. The van der Waals surface area contributed by atoms with Gasteiger partial charge in [-0.25, -0.2) is 8.78 Å². The lowest BCUT2D eigenvalue weighted by molar-refractivity contribution is 0.0873. The van der Waals surface area contributed by atoms with Gasteiger partial charge in [-0.3, -0.25) is 4.79 Å². The van der Waals surface area contributed by atoms with Crippen LogP contribution in [0.4, 0.5) is 8.78 Å². The van der Waals surface area contributed by atoms with Gasteiger partial charge in [0.1, 0.15) is 11.6 Å². The molecule has 4 heteroatoms. The molecule has 1 aliphatic heterocycles. The van der Waals surface area contributed by atoms with Crippen molar-refractivity contribution >= 4 is 5.78 Å². The molecule has 1 aromatic rings. The Bertz CT molecular complexity index is 457. The molecule has 0 N–H and O–H groups in total. The number of hydrogen-bond donors (Lipinski definition) is 0. The maximum atomic E-state index is 13.5. The molecule has 0 radical (unpaired) electrons. The van der Waals surface area contributed by atoms with Crippen molar-refractivity contribution in [3.8, 4) is 0 Å². The number of ketones is 1. The summed E-state index contributed by atoms with van der Waals surface area (Å²) in [5.41, 5.74) is 0.244. The van der Waals surface area contributed by atoms with Gasteiger partial charge in [-0.2, -0.15) is 0 Å². The van der Waals surface area contributed by atoms with Gasteiger partial charge in [0, 0.05) is 12.0 Å². The largest absolute Gasteiger partial charge is 0.378 e. The molecular formula is C13H14F2O2. The Kier molecular flexibility index (Phi) is 3.24. The summed E-state index contributed by atoms with van der Waals surface area (Å²) in [6, 6.07) is 2.04. The zero-order chi connectivity index (χ0) is 12.6. The average Bonchev–Trinajstić information content (AvgIpc) is 2.69. The Morgan fingerprint density at radius 3 is 2.65 bits per heavy atom. The summed E-state index contributed by atoms with van der Waals surface area (Å²) in [6.07, 6.45) is 0.614. The zero-order valence-corrected chi connectivity index (χ0v) is 9.80. The molecule has 0 aliphatic carbocycles. The van der Waals surface area contributed by atoms with Gasteiger partial charge in [0.2, 0.25) is 0 Å². The first-order valence-corrected chi connectivity index (χ1v) is 5.60. The first-order chi connectivity index (χ1) is 7.99. The lowest BCUT2D eigenvalue weighted by Gasteiger charge is -2.09. The van der Waals surface area contributed by atoms with E-state index in [1.54, 1.807) is 0 Å². The van der Waals surface area contributed by atoms with E-state index in [0.717, 1.165) is 6.07 Å². The van der Waals surface area contributed by atoms with Crippen LogP contribution in [0, 0.1) is 24.5 Å². The van der Waals surface area contributed by atoms with Gasteiger partial charge in [0.25, 0.3) is 0 Å². The van der Waals surface area contributed by atoms with Crippen LogP contribution in [-0.2, 0) is 4.74 Å². The van der Waals surface area contributed by atoms with Gasteiger partial charge in [0.15, 0.2) is 5.78 Å². The number of benzene rings is 1. The van der Waals surface area contributed by atoms with E-state index in [2.05, 4.69) is 0 Å². The Hall–Kier alpha value is -1.29. The molecule has 17 heavy (non-hydrogen) atoms. The number of carbonyl (C=O) groups is 1. The van der Waals surface area contributed by atoms with Crippen LogP contribution in [0.5, 0.6) is 0 Å². The summed E-state index contributed by atoms with van der Waals surface area (Å²) >= 11 is 0. The molecule has 0 spiro atoms. The molecule has 1 aliphatic rings. The highest BCUT2D eigenvalue weighted by Gasteiger charge is 2.30. The third-order valence-electron chi connectivity index (χ3n) is 3.08. The number of aryl methyl sites for hydroxylation is 1. The molecule has 1 heterocycles. The van der Waals surface area contributed by atoms with Crippen molar-refractivity contribution in [1.29, 1.82) is 0 Å². The first-order valence-electron chi connectivity index (χ1n) is 5.60. The van der Waals surface area contributed by atoms with E-state index in [1.165, 1.54) is 13.0 Å². The lowest BCUT2D eigenvalue weighted by Crippen LogP contribution is -2.17. The second kappa shape index (κ2) is 4.53. The quantitative estimate of drug-likeness (QED) is 0.743. The normalized spacial score (nSPS) is 24.0. The number of halogens is 2. The van der Waals surface area contributed by atoms with Gasteiger partial charge in [0.05, 0.1) is 18.3 Å². The Morgan fingerprint density at radius 2 is 2.06 bits per heavy atom. The predicted molar refractivity (Wildman–Crippen MR) is 58.9 cm³/mol. The highest BCUT2D eigenvalue weighted by molar-refractivity contribution is 5.98. The van der Waals surface area contributed by atoms with Gasteiger partial charge in [-0.1, -0.05) is 0 Å².